The van der Waals surface area contributed by atoms with E-state index in [2.05, 4.69) is 45.9 Å². The third kappa shape index (κ3) is 1.58. The zero-order chi connectivity index (χ0) is 12.8. The number of methoxy groups -OCH3 is 1. The van der Waals surface area contributed by atoms with Crippen molar-refractivity contribution in [1.29, 1.82) is 0 Å². The highest BCUT2D eigenvalue weighted by atomic mass is 16.5. The molecule has 2 nitrogen and oxygen atoms in total. The molecule has 0 heterocycles. The highest BCUT2D eigenvalue weighted by Crippen LogP contribution is 2.65. The first-order chi connectivity index (χ1) is 7.85. The van der Waals surface area contributed by atoms with Crippen LogP contribution in [0, 0.1) is 19.3 Å². The Labute approximate surface area is 103 Å². The van der Waals surface area contributed by atoms with Gasteiger partial charge in [-0.25, -0.2) is 0 Å². The molecular weight excluding hydrogens is 212 g/mol. The molecule has 0 aliphatic heterocycles. The molecule has 0 radical (unpaired) electrons. The quantitative estimate of drug-likeness (QED) is 0.732. The van der Waals surface area contributed by atoms with Crippen LogP contribution in [0.3, 0.4) is 0 Å². The summed E-state index contributed by atoms with van der Waals surface area (Å²) in [6.45, 7) is 8.38. The second-order valence-electron chi connectivity index (χ2n) is 5.78. The summed E-state index contributed by atoms with van der Waals surface area (Å²) in [6, 6.07) is 6.30. The summed E-state index contributed by atoms with van der Waals surface area (Å²) in [5.41, 5.74) is 3.06. The lowest BCUT2D eigenvalue weighted by Gasteiger charge is -2.21. The molecule has 1 fully saturated rings. The number of benzene rings is 1. The highest BCUT2D eigenvalue weighted by Gasteiger charge is 2.68. The number of esters is 1. The number of hydrogen-bond donors (Lipinski definition) is 0. The largest absolute Gasteiger partial charge is 0.468 e. The van der Waals surface area contributed by atoms with E-state index in [0.29, 0.717) is 0 Å². The van der Waals surface area contributed by atoms with Gasteiger partial charge in [-0.3, -0.25) is 4.79 Å². The maximum absolute atomic E-state index is 12.2. The smallest absolute Gasteiger partial charge is 0.316 e. The average Bonchev–Trinajstić information content (AvgIpc) is 2.85. The Kier molecular flexibility index (Phi) is 2.57. The SMILES string of the molecule is COC(=O)C1(c2cc(C)ccc2C)CC1(C)C. The van der Waals surface area contributed by atoms with Crippen LogP contribution in [-0.4, -0.2) is 13.1 Å². The van der Waals surface area contributed by atoms with Crippen LogP contribution >= 0.6 is 0 Å². The summed E-state index contributed by atoms with van der Waals surface area (Å²) in [7, 11) is 1.48. The molecule has 0 spiro atoms. The zero-order valence-corrected chi connectivity index (χ0v) is 11.3. The lowest BCUT2D eigenvalue weighted by atomic mass is 9.84. The van der Waals surface area contributed by atoms with Gasteiger partial charge in [0.15, 0.2) is 0 Å². The molecule has 1 aliphatic rings. The second kappa shape index (κ2) is 3.59. The van der Waals surface area contributed by atoms with E-state index in [1.165, 1.54) is 18.2 Å². The van der Waals surface area contributed by atoms with Gasteiger partial charge in [0.2, 0.25) is 0 Å². The zero-order valence-electron chi connectivity index (χ0n) is 11.3. The molecule has 1 unspecified atom stereocenters. The molecule has 17 heavy (non-hydrogen) atoms. The van der Waals surface area contributed by atoms with Gasteiger partial charge in [-0.1, -0.05) is 37.6 Å². The van der Waals surface area contributed by atoms with E-state index in [4.69, 9.17) is 4.74 Å². The van der Waals surface area contributed by atoms with Gasteiger partial charge in [0.05, 0.1) is 12.5 Å². The van der Waals surface area contributed by atoms with Crippen molar-refractivity contribution in [1.82, 2.24) is 0 Å². The molecule has 2 rings (SSSR count). The van der Waals surface area contributed by atoms with Gasteiger partial charge < -0.3 is 4.74 Å². The minimum absolute atomic E-state index is 0.00134. The first kappa shape index (κ1) is 12.2. The van der Waals surface area contributed by atoms with Crippen molar-refractivity contribution in [3.05, 3.63) is 34.9 Å². The van der Waals surface area contributed by atoms with Gasteiger partial charge in [0.25, 0.3) is 0 Å². The minimum atomic E-state index is -0.433. The van der Waals surface area contributed by atoms with Gasteiger partial charge in [-0.2, -0.15) is 0 Å². The van der Waals surface area contributed by atoms with E-state index in [1.54, 1.807) is 0 Å². The predicted octanol–water partition coefficient (Wildman–Crippen LogP) is 3.14. The first-order valence-electron chi connectivity index (χ1n) is 6.01. The fourth-order valence-electron chi connectivity index (χ4n) is 2.91. The molecule has 0 aromatic heterocycles. The average molecular weight is 232 g/mol. The van der Waals surface area contributed by atoms with Crippen LogP contribution in [-0.2, 0) is 14.9 Å². The summed E-state index contributed by atoms with van der Waals surface area (Å²) >= 11 is 0. The highest BCUT2D eigenvalue weighted by molar-refractivity contribution is 5.89. The van der Waals surface area contributed by atoms with Crippen molar-refractivity contribution >= 4 is 5.97 Å². The summed E-state index contributed by atoms with van der Waals surface area (Å²) in [5, 5.41) is 0. The number of carbonyl (C=O) groups is 1. The molecule has 1 atom stereocenters. The van der Waals surface area contributed by atoms with Gasteiger partial charge in [0.1, 0.15) is 0 Å². The number of hydrogen-bond acceptors (Lipinski definition) is 2. The van der Waals surface area contributed by atoms with Crippen LogP contribution in [0.2, 0.25) is 0 Å². The van der Waals surface area contributed by atoms with Crippen molar-refractivity contribution in [3.8, 4) is 0 Å². The molecule has 0 bridgehead atoms. The number of ether oxygens (including phenoxy) is 1. The summed E-state index contributed by atoms with van der Waals surface area (Å²) in [6.07, 6.45) is 0.872. The predicted molar refractivity (Wildman–Crippen MR) is 68.0 cm³/mol. The lowest BCUT2D eigenvalue weighted by Crippen LogP contribution is -2.28. The number of rotatable bonds is 2. The summed E-state index contributed by atoms with van der Waals surface area (Å²) in [4.78, 5) is 12.2. The van der Waals surface area contributed by atoms with Crippen molar-refractivity contribution in [2.24, 2.45) is 5.41 Å². The fourth-order valence-corrected chi connectivity index (χ4v) is 2.91. The molecule has 1 aliphatic carbocycles. The topological polar surface area (TPSA) is 26.3 Å². The number of aryl methyl sites for hydroxylation is 2. The Bertz CT molecular complexity index is 474. The van der Waals surface area contributed by atoms with Crippen molar-refractivity contribution < 1.29 is 9.53 Å². The van der Waals surface area contributed by atoms with Crippen LogP contribution < -0.4 is 0 Å². The first-order valence-corrected chi connectivity index (χ1v) is 6.01. The van der Waals surface area contributed by atoms with Gasteiger partial charge in [-0.05, 0) is 36.8 Å². The van der Waals surface area contributed by atoms with Crippen LogP contribution in [0.25, 0.3) is 0 Å². The van der Waals surface area contributed by atoms with Crippen molar-refractivity contribution in [2.75, 3.05) is 7.11 Å². The van der Waals surface area contributed by atoms with Crippen LogP contribution in [0.15, 0.2) is 18.2 Å². The van der Waals surface area contributed by atoms with E-state index in [0.717, 1.165) is 12.0 Å². The summed E-state index contributed by atoms with van der Waals surface area (Å²) < 4.78 is 5.02. The normalized spacial score (nSPS) is 25.5. The minimum Gasteiger partial charge on any atom is -0.468 e. The van der Waals surface area contributed by atoms with Gasteiger partial charge >= 0.3 is 5.97 Å². The van der Waals surface area contributed by atoms with E-state index in [9.17, 15) is 4.79 Å². The molecule has 2 heteroatoms. The summed E-state index contributed by atoms with van der Waals surface area (Å²) in [5.74, 6) is -0.101. The van der Waals surface area contributed by atoms with Crippen LogP contribution in [0.1, 0.15) is 37.0 Å². The molecule has 0 N–H and O–H groups in total. The second-order valence-corrected chi connectivity index (χ2v) is 5.78. The van der Waals surface area contributed by atoms with Gasteiger partial charge in [-0.15, -0.1) is 0 Å². The fraction of sp³-hybridized carbons (Fsp3) is 0.533. The Morgan fingerprint density at radius 1 is 1.29 bits per heavy atom. The third-order valence-corrected chi connectivity index (χ3v) is 4.12. The van der Waals surface area contributed by atoms with Crippen molar-refractivity contribution in [3.63, 3.8) is 0 Å². The monoisotopic (exact) mass is 232 g/mol. The maximum Gasteiger partial charge on any atom is 0.316 e. The maximum atomic E-state index is 12.2. The van der Waals surface area contributed by atoms with E-state index in [1.807, 2.05) is 0 Å². The van der Waals surface area contributed by atoms with E-state index >= 15 is 0 Å². The number of carbonyl (C=O) groups excluding carboxylic acids is 1. The van der Waals surface area contributed by atoms with Crippen LogP contribution in [0.5, 0.6) is 0 Å². The van der Waals surface area contributed by atoms with E-state index in [-0.39, 0.29) is 11.4 Å². The molecular formula is C15H20O2. The van der Waals surface area contributed by atoms with Gasteiger partial charge in [0, 0.05) is 0 Å². The Hall–Kier alpha value is -1.31. The lowest BCUT2D eigenvalue weighted by molar-refractivity contribution is -0.144. The molecule has 1 aromatic carbocycles. The molecule has 1 aromatic rings. The van der Waals surface area contributed by atoms with E-state index < -0.39 is 5.41 Å². The molecule has 0 amide bonds. The Morgan fingerprint density at radius 2 is 1.88 bits per heavy atom. The molecule has 0 saturated heterocycles. The van der Waals surface area contributed by atoms with Crippen LogP contribution in [0.4, 0.5) is 0 Å². The molecule has 1 saturated carbocycles. The standard InChI is InChI=1S/C15H20O2/c1-10-6-7-11(2)12(8-10)15(13(16)17-5)9-14(15,3)4/h6-8H,9H2,1-5H3. The Morgan fingerprint density at radius 3 is 2.35 bits per heavy atom. The molecule has 92 valence electrons. The van der Waals surface area contributed by atoms with Crippen molar-refractivity contribution in [2.45, 2.75) is 39.5 Å². The third-order valence-electron chi connectivity index (χ3n) is 4.12. The Balaban J connectivity index is 2.57.